The highest BCUT2D eigenvalue weighted by Gasteiger charge is 2.04. The molecule has 2 rings (SSSR count). The van der Waals surface area contributed by atoms with Crippen LogP contribution < -0.4 is 10.5 Å². The SMILES string of the molecule is Cc1ccc(Oc2cc(C)c(N)c(Cl)c2)cc1. The molecule has 2 aromatic carbocycles. The summed E-state index contributed by atoms with van der Waals surface area (Å²) < 4.78 is 5.71. The maximum Gasteiger partial charge on any atom is 0.129 e. The minimum Gasteiger partial charge on any atom is -0.457 e. The zero-order valence-corrected chi connectivity index (χ0v) is 10.6. The first-order valence-electron chi connectivity index (χ1n) is 5.36. The van der Waals surface area contributed by atoms with Crippen LogP contribution in [0.5, 0.6) is 11.5 Å². The molecule has 0 saturated carbocycles. The van der Waals surface area contributed by atoms with E-state index in [9.17, 15) is 0 Å². The molecular formula is C14H14ClNO. The van der Waals surface area contributed by atoms with Crippen LogP contribution in [0.25, 0.3) is 0 Å². The molecule has 17 heavy (non-hydrogen) atoms. The molecule has 0 spiro atoms. The van der Waals surface area contributed by atoms with E-state index in [0.717, 1.165) is 11.3 Å². The molecule has 0 atom stereocenters. The van der Waals surface area contributed by atoms with Crippen molar-refractivity contribution in [3.63, 3.8) is 0 Å². The van der Waals surface area contributed by atoms with Crippen molar-refractivity contribution in [2.75, 3.05) is 5.73 Å². The molecule has 0 unspecified atom stereocenters. The lowest BCUT2D eigenvalue weighted by Gasteiger charge is -2.09. The third-order valence-corrected chi connectivity index (χ3v) is 2.88. The van der Waals surface area contributed by atoms with Crippen LogP contribution in [0.1, 0.15) is 11.1 Å². The van der Waals surface area contributed by atoms with Gasteiger partial charge in [-0.15, -0.1) is 0 Å². The lowest BCUT2D eigenvalue weighted by molar-refractivity contribution is 0.482. The molecule has 0 amide bonds. The molecule has 0 aliphatic rings. The van der Waals surface area contributed by atoms with Gasteiger partial charge in [0.2, 0.25) is 0 Å². The van der Waals surface area contributed by atoms with Gasteiger partial charge in [-0.1, -0.05) is 29.3 Å². The zero-order chi connectivity index (χ0) is 12.4. The molecular weight excluding hydrogens is 234 g/mol. The summed E-state index contributed by atoms with van der Waals surface area (Å²) in [5.74, 6) is 1.49. The van der Waals surface area contributed by atoms with Crippen molar-refractivity contribution in [2.45, 2.75) is 13.8 Å². The van der Waals surface area contributed by atoms with Crippen LogP contribution in [0.4, 0.5) is 5.69 Å². The van der Waals surface area contributed by atoms with Crippen molar-refractivity contribution >= 4 is 17.3 Å². The van der Waals surface area contributed by atoms with E-state index in [1.165, 1.54) is 5.56 Å². The molecule has 0 radical (unpaired) electrons. The number of anilines is 1. The third kappa shape index (κ3) is 2.71. The van der Waals surface area contributed by atoms with Crippen molar-refractivity contribution in [3.8, 4) is 11.5 Å². The molecule has 0 saturated heterocycles. The second kappa shape index (κ2) is 4.68. The summed E-state index contributed by atoms with van der Waals surface area (Å²) in [4.78, 5) is 0. The van der Waals surface area contributed by atoms with Gasteiger partial charge in [0, 0.05) is 6.07 Å². The Morgan fingerprint density at radius 1 is 1.00 bits per heavy atom. The Bertz CT molecular complexity index is 511. The summed E-state index contributed by atoms with van der Waals surface area (Å²) in [6.45, 7) is 3.94. The van der Waals surface area contributed by atoms with E-state index in [0.29, 0.717) is 16.5 Å². The van der Waals surface area contributed by atoms with Crippen molar-refractivity contribution in [2.24, 2.45) is 0 Å². The Morgan fingerprint density at radius 2 is 1.65 bits per heavy atom. The first-order chi connectivity index (χ1) is 8.06. The summed E-state index contributed by atoms with van der Waals surface area (Å²) in [6.07, 6.45) is 0. The van der Waals surface area contributed by atoms with Gasteiger partial charge in [-0.3, -0.25) is 0 Å². The standard InChI is InChI=1S/C14H14ClNO/c1-9-3-5-11(6-4-9)17-12-7-10(2)14(16)13(15)8-12/h3-8H,16H2,1-2H3. The number of halogens is 1. The molecule has 2 aromatic rings. The van der Waals surface area contributed by atoms with Gasteiger partial charge >= 0.3 is 0 Å². The molecule has 0 aliphatic carbocycles. The lowest BCUT2D eigenvalue weighted by Crippen LogP contribution is -1.92. The summed E-state index contributed by atoms with van der Waals surface area (Å²) in [5, 5.41) is 0.520. The summed E-state index contributed by atoms with van der Waals surface area (Å²) >= 11 is 6.01. The molecule has 2 nitrogen and oxygen atoms in total. The van der Waals surface area contributed by atoms with E-state index in [4.69, 9.17) is 22.1 Å². The van der Waals surface area contributed by atoms with E-state index in [1.807, 2.05) is 44.2 Å². The third-order valence-electron chi connectivity index (χ3n) is 2.57. The lowest BCUT2D eigenvalue weighted by atomic mass is 10.2. The van der Waals surface area contributed by atoms with Gasteiger partial charge in [0.05, 0.1) is 10.7 Å². The number of nitrogen functional groups attached to an aromatic ring is 1. The first kappa shape index (κ1) is 11.8. The molecule has 0 fully saturated rings. The van der Waals surface area contributed by atoms with Crippen molar-refractivity contribution in [1.82, 2.24) is 0 Å². The quantitative estimate of drug-likeness (QED) is 0.802. The number of hydrogen-bond acceptors (Lipinski definition) is 2. The van der Waals surface area contributed by atoms with Crippen molar-refractivity contribution in [3.05, 3.63) is 52.5 Å². The van der Waals surface area contributed by atoms with Crippen LogP contribution >= 0.6 is 11.6 Å². The van der Waals surface area contributed by atoms with Gasteiger partial charge in [0.25, 0.3) is 0 Å². The molecule has 0 aromatic heterocycles. The molecule has 0 aliphatic heterocycles. The molecule has 3 heteroatoms. The van der Waals surface area contributed by atoms with E-state index in [1.54, 1.807) is 6.07 Å². The predicted octanol–water partition coefficient (Wildman–Crippen LogP) is 4.33. The minimum atomic E-state index is 0.520. The number of nitrogens with two attached hydrogens (primary N) is 1. The summed E-state index contributed by atoms with van der Waals surface area (Å²) in [7, 11) is 0. The van der Waals surface area contributed by atoms with E-state index in [2.05, 4.69) is 0 Å². The normalized spacial score (nSPS) is 10.3. The maximum atomic E-state index is 6.01. The Balaban J connectivity index is 2.27. The highest BCUT2D eigenvalue weighted by molar-refractivity contribution is 6.33. The largest absolute Gasteiger partial charge is 0.457 e. The number of rotatable bonds is 2. The summed E-state index contributed by atoms with van der Waals surface area (Å²) in [6, 6.07) is 11.5. The monoisotopic (exact) mass is 247 g/mol. The van der Waals surface area contributed by atoms with Crippen LogP contribution in [0, 0.1) is 13.8 Å². The maximum absolute atomic E-state index is 6.01. The smallest absolute Gasteiger partial charge is 0.129 e. The fourth-order valence-electron chi connectivity index (χ4n) is 1.53. The van der Waals surface area contributed by atoms with Crippen LogP contribution in [0.2, 0.25) is 5.02 Å². The second-order valence-electron chi connectivity index (χ2n) is 4.05. The van der Waals surface area contributed by atoms with Gasteiger partial charge in [-0.05, 0) is 37.6 Å². The van der Waals surface area contributed by atoms with E-state index in [-0.39, 0.29) is 0 Å². The number of ether oxygens (including phenoxy) is 1. The number of benzene rings is 2. The number of aryl methyl sites for hydroxylation is 2. The average molecular weight is 248 g/mol. The van der Waals surface area contributed by atoms with E-state index < -0.39 is 0 Å². The fourth-order valence-corrected chi connectivity index (χ4v) is 1.78. The molecule has 2 N–H and O–H groups in total. The molecule has 0 bridgehead atoms. The fraction of sp³-hybridized carbons (Fsp3) is 0.143. The van der Waals surface area contributed by atoms with Gasteiger partial charge in [0.15, 0.2) is 0 Å². The highest BCUT2D eigenvalue weighted by atomic mass is 35.5. The Labute approximate surface area is 106 Å². The Kier molecular flexibility index (Phi) is 3.25. The highest BCUT2D eigenvalue weighted by Crippen LogP contribution is 2.31. The average Bonchev–Trinajstić information content (AvgIpc) is 2.29. The van der Waals surface area contributed by atoms with Gasteiger partial charge in [-0.2, -0.15) is 0 Å². The minimum absolute atomic E-state index is 0.520. The van der Waals surface area contributed by atoms with Crippen molar-refractivity contribution < 1.29 is 4.74 Å². The molecule has 0 heterocycles. The van der Waals surface area contributed by atoms with Crippen LogP contribution in [0.3, 0.4) is 0 Å². The topological polar surface area (TPSA) is 35.2 Å². The van der Waals surface area contributed by atoms with E-state index >= 15 is 0 Å². The van der Waals surface area contributed by atoms with Crippen LogP contribution in [-0.2, 0) is 0 Å². The predicted molar refractivity (Wildman–Crippen MR) is 71.9 cm³/mol. The van der Waals surface area contributed by atoms with Crippen molar-refractivity contribution in [1.29, 1.82) is 0 Å². The van der Waals surface area contributed by atoms with Gasteiger partial charge in [-0.25, -0.2) is 0 Å². The first-order valence-corrected chi connectivity index (χ1v) is 5.74. The van der Waals surface area contributed by atoms with Gasteiger partial charge in [0.1, 0.15) is 11.5 Å². The van der Waals surface area contributed by atoms with Crippen LogP contribution in [-0.4, -0.2) is 0 Å². The van der Waals surface area contributed by atoms with Crippen LogP contribution in [0.15, 0.2) is 36.4 Å². The van der Waals surface area contributed by atoms with Gasteiger partial charge < -0.3 is 10.5 Å². The zero-order valence-electron chi connectivity index (χ0n) is 9.83. The summed E-state index contributed by atoms with van der Waals surface area (Å²) in [5.41, 5.74) is 8.49. The number of hydrogen-bond donors (Lipinski definition) is 1. The Hall–Kier alpha value is -1.67. The second-order valence-corrected chi connectivity index (χ2v) is 4.46. The Morgan fingerprint density at radius 3 is 2.24 bits per heavy atom. The molecule has 88 valence electrons.